The van der Waals surface area contributed by atoms with E-state index >= 15 is 0 Å². The standard InChI is InChI=1S/C20H20N4O3/c1-14-7-9-16(10-8-14)21-18(25)13-24-19(26)12-11-17(23-24)20(27)22-15-5-3-2-4-6-15/h2-10H,11-13H2,1H3,(H,21,25)(H,22,27). The fourth-order valence-corrected chi connectivity index (χ4v) is 2.59. The van der Waals surface area contributed by atoms with Crippen molar-refractivity contribution >= 4 is 34.8 Å². The molecule has 2 N–H and O–H groups in total. The third-order valence-corrected chi connectivity index (χ3v) is 4.03. The van der Waals surface area contributed by atoms with Gasteiger partial charge in [0.25, 0.3) is 5.91 Å². The summed E-state index contributed by atoms with van der Waals surface area (Å²) in [7, 11) is 0. The zero-order valence-electron chi connectivity index (χ0n) is 14.9. The predicted molar refractivity (Wildman–Crippen MR) is 103 cm³/mol. The number of anilines is 2. The van der Waals surface area contributed by atoms with Crippen molar-refractivity contribution in [2.24, 2.45) is 5.10 Å². The highest BCUT2D eigenvalue weighted by Gasteiger charge is 2.26. The number of hydrazone groups is 1. The van der Waals surface area contributed by atoms with Gasteiger partial charge in [0.2, 0.25) is 11.8 Å². The van der Waals surface area contributed by atoms with Crippen LogP contribution in [0.2, 0.25) is 0 Å². The number of aryl methyl sites for hydroxylation is 1. The van der Waals surface area contributed by atoms with E-state index in [-0.39, 0.29) is 42.8 Å². The molecule has 0 spiro atoms. The highest BCUT2D eigenvalue weighted by molar-refractivity contribution is 6.43. The van der Waals surface area contributed by atoms with Gasteiger partial charge in [-0.25, -0.2) is 5.01 Å². The van der Waals surface area contributed by atoms with Gasteiger partial charge in [0.1, 0.15) is 12.3 Å². The summed E-state index contributed by atoms with van der Waals surface area (Å²) in [5.74, 6) is -1.04. The van der Waals surface area contributed by atoms with Crippen molar-refractivity contribution in [2.75, 3.05) is 17.2 Å². The van der Waals surface area contributed by atoms with Crippen LogP contribution >= 0.6 is 0 Å². The Bertz CT molecular complexity index is 876. The first-order valence-electron chi connectivity index (χ1n) is 8.62. The number of nitrogens with zero attached hydrogens (tertiary/aromatic N) is 2. The average Bonchev–Trinajstić information content (AvgIpc) is 2.66. The van der Waals surface area contributed by atoms with E-state index in [4.69, 9.17) is 0 Å². The van der Waals surface area contributed by atoms with Crippen LogP contribution in [0.3, 0.4) is 0 Å². The van der Waals surface area contributed by atoms with Gasteiger partial charge in [0, 0.05) is 24.2 Å². The Morgan fingerprint density at radius 2 is 1.63 bits per heavy atom. The molecule has 0 bridgehead atoms. The maximum absolute atomic E-state index is 12.3. The second-order valence-corrected chi connectivity index (χ2v) is 6.23. The van der Waals surface area contributed by atoms with Gasteiger partial charge in [-0.1, -0.05) is 35.9 Å². The highest BCUT2D eigenvalue weighted by Crippen LogP contribution is 2.13. The Balaban J connectivity index is 1.64. The van der Waals surface area contributed by atoms with Crippen LogP contribution in [0.15, 0.2) is 59.7 Å². The molecule has 3 amide bonds. The van der Waals surface area contributed by atoms with Crippen LogP contribution in [0.4, 0.5) is 11.4 Å². The third kappa shape index (κ3) is 5.01. The van der Waals surface area contributed by atoms with Crippen LogP contribution in [0.5, 0.6) is 0 Å². The minimum atomic E-state index is -0.377. The summed E-state index contributed by atoms with van der Waals surface area (Å²) in [4.78, 5) is 36.6. The van der Waals surface area contributed by atoms with Crippen molar-refractivity contribution in [3.63, 3.8) is 0 Å². The molecule has 7 heteroatoms. The minimum absolute atomic E-state index is 0.138. The largest absolute Gasteiger partial charge is 0.324 e. The molecular formula is C20H20N4O3. The monoisotopic (exact) mass is 364 g/mol. The van der Waals surface area contributed by atoms with Crippen LogP contribution in [-0.4, -0.2) is 35.0 Å². The Morgan fingerprint density at radius 3 is 2.33 bits per heavy atom. The number of hydrogen-bond acceptors (Lipinski definition) is 4. The average molecular weight is 364 g/mol. The second-order valence-electron chi connectivity index (χ2n) is 6.23. The number of rotatable bonds is 5. The van der Waals surface area contributed by atoms with Crippen LogP contribution < -0.4 is 10.6 Å². The molecule has 0 atom stereocenters. The summed E-state index contributed by atoms with van der Waals surface area (Å²) in [6.45, 7) is 1.71. The van der Waals surface area contributed by atoms with Gasteiger partial charge in [-0.05, 0) is 31.2 Å². The van der Waals surface area contributed by atoms with E-state index in [0.717, 1.165) is 10.6 Å². The zero-order valence-corrected chi connectivity index (χ0v) is 14.9. The lowest BCUT2D eigenvalue weighted by Gasteiger charge is -2.22. The first-order valence-corrected chi connectivity index (χ1v) is 8.62. The highest BCUT2D eigenvalue weighted by atomic mass is 16.2. The molecule has 27 heavy (non-hydrogen) atoms. The van der Waals surface area contributed by atoms with Crippen molar-refractivity contribution < 1.29 is 14.4 Å². The van der Waals surface area contributed by atoms with Gasteiger partial charge in [-0.3, -0.25) is 14.4 Å². The topological polar surface area (TPSA) is 90.9 Å². The summed E-state index contributed by atoms with van der Waals surface area (Å²) >= 11 is 0. The summed E-state index contributed by atoms with van der Waals surface area (Å²) in [5, 5.41) is 10.6. The quantitative estimate of drug-likeness (QED) is 0.854. The molecule has 1 aliphatic heterocycles. The maximum atomic E-state index is 12.3. The van der Waals surface area contributed by atoms with E-state index in [1.807, 2.05) is 37.3 Å². The fraction of sp³-hybridized carbons (Fsp3) is 0.200. The van der Waals surface area contributed by atoms with Crippen molar-refractivity contribution in [3.05, 3.63) is 60.2 Å². The maximum Gasteiger partial charge on any atom is 0.271 e. The van der Waals surface area contributed by atoms with Crippen LogP contribution in [0.25, 0.3) is 0 Å². The molecule has 3 rings (SSSR count). The lowest BCUT2D eigenvalue weighted by molar-refractivity contribution is -0.135. The van der Waals surface area contributed by atoms with Crippen molar-refractivity contribution in [3.8, 4) is 0 Å². The smallest absolute Gasteiger partial charge is 0.271 e. The van der Waals surface area contributed by atoms with Crippen LogP contribution in [0, 0.1) is 6.92 Å². The van der Waals surface area contributed by atoms with Crippen molar-refractivity contribution in [2.45, 2.75) is 19.8 Å². The molecule has 0 aromatic heterocycles. The Morgan fingerprint density at radius 1 is 0.963 bits per heavy atom. The van der Waals surface area contributed by atoms with Gasteiger partial charge in [0.05, 0.1) is 0 Å². The lowest BCUT2D eigenvalue weighted by atomic mass is 10.1. The first-order chi connectivity index (χ1) is 13.0. The van der Waals surface area contributed by atoms with Gasteiger partial charge in [0.15, 0.2) is 0 Å². The van der Waals surface area contributed by atoms with E-state index in [1.54, 1.807) is 24.3 Å². The predicted octanol–water partition coefficient (Wildman–Crippen LogP) is 2.55. The van der Waals surface area contributed by atoms with Crippen molar-refractivity contribution in [1.82, 2.24) is 5.01 Å². The molecule has 0 fully saturated rings. The van der Waals surface area contributed by atoms with Gasteiger partial charge < -0.3 is 10.6 Å². The van der Waals surface area contributed by atoms with Gasteiger partial charge >= 0.3 is 0 Å². The third-order valence-electron chi connectivity index (χ3n) is 4.03. The van der Waals surface area contributed by atoms with Crippen LogP contribution in [0.1, 0.15) is 18.4 Å². The fourth-order valence-electron chi connectivity index (χ4n) is 2.59. The summed E-state index contributed by atoms with van der Waals surface area (Å²) in [6, 6.07) is 16.3. The summed E-state index contributed by atoms with van der Waals surface area (Å²) in [6.07, 6.45) is 0.381. The Hall–Kier alpha value is -3.48. The zero-order chi connectivity index (χ0) is 19.2. The van der Waals surface area contributed by atoms with Gasteiger partial charge in [-0.2, -0.15) is 5.10 Å². The van der Waals surface area contributed by atoms with E-state index < -0.39 is 0 Å². The van der Waals surface area contributed by atoms with Crippen molar-refractivity contribution in [1.29, 1.82) is 0 Å². The molecule has 1 aliphatic rings. The molecule has 138 valence electrons. The minimum Gasteiger partial charge on any atom is -0.324 e. The van der Waals surface area contributed by atoms with E-state index in [1.165, 1.54) is 0 Å². The first kappa shape index (κ1) is 18.3. The molecule has 0 radical (unpaired) electrons. The Kier molecular flexibility index (Phi) is 5.61. The van der Waals surface area contributed by atoms with Crippen LogP contribution in [-0.2, 0) is 14.4 Å². The molecule has 2 aromatic rings. The number of carbonyl (C=O) groups is 3. The van der Waals surface area contributed by atoms with E-state index in [2.05, 4.69) is 15.7 Å². The molecule has 0 aliphatic carbocycles. The second kappa shape index (κ2) is 8.27. The molecule has 1 heterocycles. The normalized spacial score (nSPS) is 13.7. The molecule has 0 saturated heterocycles. The molecule has 0 unspecified atom stereocenters. The van der Waals surface area contributed by atoms with Gasteiger partial charge in [-0.15, -0.1) is 0 Å². The molecule has 7 nitrogen and oxygen atoms in total. The number of benzene rings is 2. The number of hydrogen-bond donors (Lipinski definition) is 2. The van der Waals surface area contributed by atoms with E-state index in [9.17, 15) is 14.4 Å². The number of para-hydroxylation sites is 1. The lowest BCUT2D eigenvalue weighted by Crippen LogP contribution is -2.40. The SMILES string of the molecule is Cc1ccc(NC(=O)CN2N=C(C(=O)Nc3ccccc3)CCC2=O)cc1. The number of carbonyl (C=O) groups excluding carboxylic acids is 3. The molecule has 0 saturated carbocycles. The molecule has 2 aromatic carbocycles. The number of nitrogens with one attached hydrogen (secondary N) is 2. The Labute approximate surface area is 157 Å². The summed E-state index contributed by atoms with van der Waals surface area (Å²) in [5.41, 5.74) is 2.59. The molecular weight excluding hydrogens is 344 g/mol. The number of amides is 3. The van der Waals surface area contributed by atoms with E-state index in [0.29, 0.717) is 11.4 Å². The summed E-state index contributed by atoms with van der Waals surface area (Å²) < 4.78 is 0.